The van der Waals surface area contributed by atoms with Crippen molar-refractivity contribution < 1.29 is 0 Å². The first-order valence-electron chi connectivity index (χ1n) is 14.8. The van der Waals surface area contributed by atoms with Crippen molar-refractivity contribution in [3.8, 4) is 0 Å². The number of hydrogen-bond acceptors (Lipinski definition) is 1. The van der Waals surface area contributed by atoms with Gasteiger partial charge in [0.1, 0.15) is 0 Å². The van der Waals surface area contributed by atoms with E-state index in [2.05, 4.69) is 175 Å². The topological polar surface area (TPSA) is 3.24 Å². The van der Waals surface area contributed by atoms with E-state index in [1.54, 1.807) is 0 Å². The molecular weight excluding hydrogens is 518 g/mol. The molecule has 8 aromatic rings. The standard InChI is InChI=1S/C42H29N/c1-3-11-30(12-4-1)19-20-31-21-23-39(24-22-31)43(38-17-5-2-6-18-38)42-40-28-34-15-9-7-13-32(34)25-36(40)27-37-26-33-14-8-10-16-35(33)29-41(37)42/h1-29H/b20-19+. The van der Waals surface area contributed by atoms with Crippen LogP contribution in [-0.2, 0) is 0 Å². The molecule has 43 heavy (non-hydrogen) atoms. The Labute approximate surface area is 251 Å². The molecule has 0 N–H and O–H groups in total. The molecular formula is C42H29N. The summed E-state index contributed by atoms with van der Waals surface area (Å²) in [6.07, 6.45) is 4.34. The molecule has 202 valence electrons. The van der Waals surface area contributed by atoms with E-state index in [1.807, 2.05) is 6.07 Å². The predicted molar refractivity (Wildman–Crippen MR) is 187 cm³/mol. The summed E-state index contributed by atoms with van der Waals surface area (Å²) in [6.45, 7) is 0. The maximum absolute atomic E-state index is 2.43. The smallest absolute Gasteiger partial charge is 0.0618 e. The van der Waals surface area contributed by atoms with Crippen LogP contribution in [0.25, 0.3) is 55.2 Å². The van der Waals surface area contributed by atoms with Crippen LogP contribution < -0.4 is 4.90 Å². The highest BCUT2D eigenvalue weighted by Crippen LogP contribution is 2.45. The van der Waals surface area contributed by atoms with Gasteiger partial charge in [0.25, 0.3) is 0 Å². The van der Waals surface area contributed by atoms with E-state index in [0.717, 1.165) is 11.4 Å². The lowest BCUT2D eigenvalue weighted by Crippen LogP contribution is -2.11. The predicted octanol–water partition coefficient (Wildman–Crippen LogP) is 11.9. The van der Waals surface area contributed by atoms with E-state index in [0.29, 0.717) is 0 Å². The van der Waals surface area contributed by atoms with Crippen LogP contribution in [0.4, 0.5) is 17.1 Å². The number of para-hydroxylation sites is 1. The third-order valence-corrected chi connectivity index (χ3v) is 8.31. The fourth-order valence-electron chi connectivity index (χ4n) is 6.19. The van der Waals surface area contributed by atoms with Crippen molar-refractivity contribution in [3.63, 3.8) is 0 Å². The van der Waals surface area contributed by atoms with Crippen LogP contribution in [-0.4, -0.2) is 0 Å². The van der Waals surface area contributed by atoms with Crippen LogP contribution in [0.15, 0.2) is 164 Å². The normalized spacial score (nSPS) is 11.6. The highest BCUT2D eigenvalue weighted by atomic mass is 15.1. The zero-order chi connectivity index (χ0) is 28.6. The van der Waals surface area contributed by atoms with E-state index in [9.17, 15) is 0 Å². The van der Waals surface area contributed by atoms with Crippen LogP contribution in [0.5, 0.6) is 0 Å². The second kappa shape index (κ2) is 10.6. The van der Waals surface area contributed by atoms with Gasteiger partial charge in [0.15, 0.2) is 0 Å². The molecule has 0 atom stereocenters. The molecule has 0 aromatic heterocycles. The van der Waals surface area contributed by atoms with Gasteiger partial charge < -0.3 is 4.90 Å². The fourth-order valence-corrected chi connectivity index (χ4v) is 6.19. The van der Waals surface area contributed by atoms with Gasteiger partial charge in [0.2, 0.25) is 0 Å². The SMILES string of the molecule is C(=C\c1ccc(N(c2ccccc2)c2c3cc4ccccc4cc3cc3cc4ccccc4cc23)cc1)/c1ccccc1. The van der Waals surface area contributed by atoms with Gasteiger partial charge in [-0.3, -0.25) is 0 Å². The van der Waals surface area contributed by atoms with Gasteiger partial charge in [-0.1, -0.05) is 121 Å². The molecule has 0 unspecified atom stereocenters. The highest BCUT2D eigenvalue weighted by Gasteiger charge is 2.20. The molecule has 1 nitrogen and oxygen atoms in total. The summed E-state index contributed by atoms with van der Waals surface area (Å²) in [6, 6.07) is 59.2. The summed E-state index contributed by atoms with van der Waals surface area (Å²) in [7, 11) is 0. The Bertz CT molecular complexity index is 2170. The molecule has 0 spiro atoms. The fraction of sp³-hybridized carbons (Fsp3) is 0. The Hall–Kier alpha value is -5.66. The zero-order valence-electron chi connectivity index (χ0n) is 23.7. The van der Waals surface area contributed by atoms with Crippen molar-refractivity contribution >= 4 is 72.3 Å². The van der Waals surface area contributed by atoms with Gasteiger partial charge in [0.05, 0.1) is 5.69 Å². The second-order valence-corrected chi connectivity index (χ2v) is 11.1. The number of benzene rings is 8. The summed E-state index contributed by atoms with van der Waals surface area (Å²) in [5, 5.41) is 9.93. The molecule has 8 aromatic carbocycles. The Morgan fingerprint density at radius 2 is 0.721 bits per heavy atom. The van der Waals surface area contributed by atoms with Crippen LogP contribution in [0.1, 0.15) is 11.1 Å². The third-order valence-electron chi connectivity index (χ3n) is 8.31. The molecule has 0 heterocycles. The molecule has 0 radical (unpaired) electrons. The Kier molecular flexibility index (Phi) is 6.20. The Morgan fingerprint density at radius 3 is 1.26 bits per heavy atom. The van der Waals surface area contributed by atoms with Gasteiger partial charge in [-0.25, -0.2) is 0 Å². The summed E-state index contributed by atoms with van der Waals surface area (Å²) in [4.78, 5) is 2.43. The van der Waals surface area contributed by atoms with Crippen molar-refractivity contribution in [2.45, 2.75) is 0 Å². The minimum absolute atomic E-state index is 1.12. The molecule has 0 aliphatic carbocycles. The number of anilines is 3. The summed E-state index contributed by atoms with van der Waals surface area (Å²) >= 11 is 0. The number of hydrogen-bond donors (Lipinski definition) is 0. The average molecular weight is 548 g/mol. The highest BCUT2D eigenvalue weighted by molar-refractivity contribution is 6.19. The van der Waals surface area contributed by atoms with Crippen molar-refractivity contribution in [2.75, 3.05) is 4.90 Å². The number of nitrogens with zero attached hydrogens (tertiary/aromatic N) is 1. The third kappa shape index (κ3) is 4.71. The minimum atomic E-state index is 1.12. The maximum atomic E-state index is 2.43. The van der Waals surface area contributed by atoms with Crippen LogP contribution in [0, 0.1) is 0 Å². The van der Waals surface area contributed by atoms with E-state index < -0.39 is 0 Å². The monoisotopic (exact) mass is 547 g/mol. The molecule has 0 amide bonds. The molecule has 1 heteroatoms. The first-order valence-corrected chi connectivity index (χ1v) is 14.8. The van der Waals surface area contributed by atoms with Crippen molar-refractivity contribution in [1.82, 2.24) is 0 Å². The molecule has 8 rings (SSSR count). The van der Waals surface area contributed by atoms with E-state index >= 15 is 0 Å². The second-order valence-electron chi connectivity index (χ2n) is 11.1. The lowest BCUT2D eigenvalue weighted by atomic mass is 9.94. The van der Waals surface area contributed by atoms with Crippen molar-refractivity contribution in [2.24, 2.45) is 0 Å². The first-order chi connectivity index (χ1) is 21.3. The Balaban J connectivity index is 1.39. The van der Waals surface area contributed by atoms with Gasteiger partial charge in [-0.05, 0) is 98.0 Å². The summed E-state index contributed by atoms with van der Waals surface area (Å²) in [5.41, 5.74) is 5.81. The van der Waals surface area contributed by atoms with Gasteiger partial charge >= 0.3 is 0 Å². The van der Waals surface area contributed by atoms with E-state index in [-0.39, 0.29) is 0 Å². The maximum Gasteiger partial charge on any atom is 0.0618 e. The summed E-state index contributed by atoms with van der Waals surface area (Å²) < 4.78 is 0. The quantitative estimate of drug-likeness (QED) is 0.153. The van der Waals surface area contributed by atoms with Crippen LogP contribution in [0.3, 0.4) is 0 Å². The molecule has 0 bridgehead atoms. The van der Waals surface area contributed by atoms with Crippen LogP contribution in [0.2, 0.25) is 0 Å². The largest absolute Gasteiger partial charge is 0.309 e. The molecule has 0 saturated carbocycles. The number of rotatable bonds is 5. The van der Waals surface area contributed by atoms with Gasteiger partial charge in [-0.2, -0.15) is 0 Å². The zero-order valence-corrected chi connectivity index (χ0v) is 23.7. The van der Waals surface area contributed by atoms with E-state index in [1.165, 1.54) is 59.9 Å². The van der Waals surface area contributed by atoms with E-state index in [4.69, 9.17) is 0 Å². The minimum Gasteiger partial charge on any atom is -0.309 e. The lowest BCUT2D eigenvalue weighted by Gasteiger charge is -2.29. The molecule has 0 aliphatic heterocycles. The lowest BCUT2D eigenvalue weighted by molar-refractivity contribution is 1.31. The van der Waals surface area contributed by atoms with Crippen LogP contribution >= 0.6 is 0 Å². The molecule has 0 aliphatic rings. The average Bonchev–Trinajstić information content (AvgIpc) is 3.07. The van der Waals surface area contributed by atoms with Crippen molar-refractivity contribution in [1.29, 1.82) is 0 Å². The van der Waals surface area contributed by atoms with Gasteiger partial charge in [0, 0.05) is 22.1 Å². The first kappa shape index (κ1) is 25.1. The Morgan fingerprint density at radius 1 is 0.326 bits per heavy atom. The number of fused-ring (bicyclic) bond motifs is 4. The molecule has 0 fully saturated rings. The van der Waals surface area contributed by atoms with Crippen molar-refractivity contribution in [3.05, 3.63) is 175 Å². The summed E-state index contributed by atoms with van der Waals surface area (Å²) in [5.74, 6) is 0. The van der Waals surface area contributed by atoms with Gasteiger partial charge in [-0.15, -0.1) is 0 Å². The molecule has 0 saturated heterocycles.